The van der Waals surface area contributed by atoms with Crippen LogP contribution in [0.4, 0.5) is 0 Å². The van der Waals surface area contributed by atoms with Gasteiger partial charge in [0, 0.05) is 5.56 Å². The summed E-state index contributed by atoms with van der Waals surface area (Å²) >= 11 is 0. The highest BCUT2D eigenvalue weighted by Crippen LogP contribution is 2.29. The first-order valence-electron chi connectivity index (χ1n) is 8.60. The Morgan fingerprint density at radius 2 is 1.42 bits per heavy atom. The zero-order valence-corrected chi connectivity index (χ0v) is 14.0. The zero-order valence-electron chi connectivity index (χ0n) is 14.0. The SMILES string of the molecule is CC(=O)C1(NC(=O)c2ccc(-c3ccccc3)cc2)CCCCC1. The summed E-state index contributed by atoms with van der Waals surface area (Å²) in [5.41, 5.74) is 2.12. The van der Waals surface area contributed by atoms with Gasteiger partial charge in [0.15, 0.2) is 5.78 Å². The van der Waals surface area contributed by atoms with E-state index in [1.807, 2.05) is 54.6 Å². The minimum atomic E-state index is -0.673. The molecule has 0 unspecified atom stereocenters. The molecule has 3 nitrogen and oxygen atoms in total. The largest absolute Gasteiger partial charge is 0.340 e. The lowest BCUT2D eigenvalue weighted by molar-refractivity contribution is -0.124. The van der Waals surface area contributed by atoms with Crippen LogP contribution in [0, 0.1) is 0 Å². The van der Waals surface area contributed by atoms with Crippen LogP contribution in [0.25, 0.3) is 11.1 Å². The summed E-state index contributed by atoms with van der Waals surface area (Å²) in [6, 6.07) is 17.6. The molecule has 1 saturated carbocycles. The van der Waals surface area contributed by atoms with Crippen molar-refractivity contribution in [1.29, 1.82) is 0 Å². The van der Waals surface area contributed by atoms with Gasteiger partial charge in [-0.25, -0.2) is 0 Å². The molecule has 0 aliphatic heterocycles. The summed E-state index contributed by atoms with van der Waals surface area (Å²) in [7, 11) is 0. The summed E-state index contributed by atoms with van der Waals surface area (Å²) in [5, 5.41) is 3.02. The van der Waals surface area contributed by atoms with E-state index in [-0.39, 0.29) is 11.7 Å². The lowest BCUT2D eigenvalue weighted by Gasteiger charge is -2.35. The standard InChI is InChI=1S/C21H23NO2/c1-16(23)21(14-6-3-7-15-21)22-20(24)19-12-10-18(11-13-19)17-8-4-2-5-9-17/h2,4-5,8-13H,3,6-7,14-15H2,1H3,(H,22,24). The Balaban J connectivity index is 1.76. The number of benzene rings is 2. The molecule has 0 aromatic heterocycles. The average molecular weight is 321 g/mol. The van der Waals surface area contributed by atoms with E-state index < -0.39 is 5.54 Å². The van der Waals surface area contributed by atoms with Crippen LogP contribution in [0.1, 0.15) is 49.4 Å². The van der Waals surface area contributed by atoms with E-state index in [4.69, 9.17) is 0 Å². The van der Waals surface area contributed by atoms with Gasteiger partial charge in [-0.3, -0.25) is 9.59 Å². The monoisotopic (exact) mass is 321 g/mol. The van der Waals surface area contributed by atoms with Crippen LogP contribution < -0.4 is 5.32 Å². The lowest BCUT2D eigenvalue weighted by Crippen LogP contribution is -2.54. The Kier molecular flexibility index (Phi) is 4.79. The third-order valence-electron chi connectivity index (χ3n) is 4.99. The number of hydrogen-bond donors (Lipinski definition) is 1. The summed E-state index contributed by atoms with van der Waals surface area (Å²) in [6.45, 7) is 1.59. The third-order valence-corrected chi connectivity index (χ3v) is 4.99. The Morgan fingerprint density at radius 1 is 0.833 bits per heavy atom. The summed E-state index contributed by atoms with van der Waals surface area (Å²) in [6.07, 6.45) is 4.61. The van der Waals surface area contributed by atoms with E-state index in [1.165, 1.54) is 0 Å². The number of rotatable bonds is 4. The number of amides is 1. The van der Waals surface area contributed by atoms with Crippen molar-refractivity contribution in [2.75, 3.05) is 0 Å². The highest BCUT2D eigenvalue weighted by Gasteiger charge is 2.38. The predicted molar refractivity (Wildman–Crippen MR) is 95.8 cm³/mol. The first-order valence-corrected chi connectivity index (χ1v) is 8.60. The second kappa shape index (κ2) is 7.00. The molecule has 124 valence electrons. The number of ketones is 1. The lowest BCUT2D eigenvalue weighted by atomic mass is 9.78. The van der Waals surface area contributed by atoms with E-state index >= 15 is 0 Å². The molecule has 0 spiro atoms. The first-order chi connectivity index (χ1) is 11.6. The van der Waals surface area contributed by atoms with Gasteiger partial charge in [-0.2, -0.15) is 0 Å². The number of carbonyl (C=O) groups is 2. The maximum Gasteiger partial charge on any atom is 0.252 e. The molecule has 0 heterocycles. The maximum atomic E-state index is 12.6. The van der Waals surface area contributed by atoms with E-state index in [2.05, 4.69) is 5.32 Å². The van der Waals surface area contributed by atoms with E-state index in [0.29, 0.717) is 5.56 Å². The molecule has 1 aliphatic rings. The van der Waals surface area contributed by atoms with Gasteiger partial charge in [0.2, 0.25) is 0 Å². The van der Waals surface area contributed by atoms with Gasteiger partial charge in [0.1, 0.15) is 0 Å². The highest BCUT2D eigenvalue weighted by atomic mass is 16.2. The van der Waals surface area contributed by atoms with Gasteiger partial charge in [-0.1, -0.05) is 61.7 Å². The summed E-state index contributed by atoms with van der Waals surface area (Å²) in [5.74, 6) is -0.0943. The smallest absolute Gasteiger partial charge is 0.252 e. The summed E-state index contributed by atoms with van der Waals surface area (Å²) in [4.78, 5) is 24.7. The number of carbonyl (C=O) groups excluding carboxylic acids is 2. The average Bonchev–Trinajstić information content (AvgIpc) is 2.63. The van der Waals surface area contributed by atoms with Gasteiger partial charge in [-0.15, -0.1) is 0 Å². The molecule has 0 atom stereocenters. The number of nitrogens with one attached hydrogen (secondary N) is 1. The van der Waals surface area contributed by atoms with Gasteiger partial charge < -0.3 is 5.32 Å². The van der Waals surface area contributed by atoms with Crippen molar-refractivity contribution in [1.82, 2.24) is 5.32 Å². The Morgan fingerprint density at radius 3 is 2.00 bits per heavy atom. The normalized spacial score (nSPS) is 16.4. The van der Waals surface area contributed by atoms with Crippen LogP contribution in [0.5, 0.6) is 0 Å². The number of hydrogen-bond acceptors (Lipinski definition) is 2. The van der Waals surface area contributed by atoms with Crippen molar-refractivity contribution in [3.8, 4) is 11.1 Å². The van der Waals surface area contributed by atoms with E-state index in [0.717, 1.165) is 43.2 Å². The first kappa shape index (κ1) is 16.4. The third kappa shape index (κ3) is 3.40. The molecule has 24 heavy (non-hydrogen) atoms. The van der Waals surface area contributed by atoms with Gasteiger partial charge in [0.05, 0.1) is 5.54 Å². The Labute approximate surface area is 143 Å². The minimum absolute atomic E-state index is 0.0662. The van der Waals surface area contributed by atoms with Crippen LogP contribution in [0.15, 0.2) is 54.6 Å². The molecule has 0 bridgehead atoms. The molecule has 3 heteroatoms. The molecule has 1 aliphatic carbocycles. The van der Waals surface area contributed by atoms with Crippen molar-refractivity contribution >= 4 is 11.7 Å². The molecule has 3 rings (SSSR count). The predicted octanol–water partition coefficient (Wildman–Crippen LogP) is 4.38. The zero-order chi connectivity index (χ0) is 17.0. The van der Waals surface area contributed by atoms with Crippen molar-refractivity contribution in [3.05, 3.63) is 60.2 Å². The van der Waals surface area contributed by atoms with Crippen molar-refractivity contribution in [3.63, 3.8) is 0 Å². The molecule has 2 aromatic carbocycles. The molecular formula is C21H23NO2. The maximum absolute atomic E-state index is 12.6. The fraction of sp³-hybridized carbons (Fsp3) is 0.333. The van der Waals surface area contributed by atoms with Gasteiger partial charge >= 0.3 is 0 Å². The minimum Gasteiger partial charge on any atom is -0.340 e. The second-order valence-corrected chi connectivity index (χ2v) is 6.60. The summed E-state index contributed by atoms with van der Waals surface area (Å²) < 4.78 is 0. The van der Waals surface area contributed by atoms with Crippen molar-refractivity contribution < 1.29 is 9.59 Å². The molecule has 1 N–H and O–H groups in total. The molecule has 2 aromatic rings. The van der Waals surface area contributed by atoms with Crippen molar-refractivity contribution in [2.45, 2.75) is 44.6 Å². The molecular weight excluding hydrogens is 298 g/mol. The van der Waals surface area contributed by atoms with Gasteiger partial charge in [-0.05, 0) is 43.0 Å². The number of Topliss-reactive ketones (excluding diaryl/α,β-unsaturated/α-hetero) is 1. The van der Waals surface area contributed by atoms with Crippen LogP contribution in [0.2, 0.25) is 0 Å². The Bertz CT molecular complexity index is 713. The van der Waals surface area contributed by atoms with Crippen LogP contribution in [-0.2, 0) is 4.79 Å². The van der Waals surface area contributed by atoms with Crippen molar-refractivity contribution in [2.24, 2.45) is 0 Å². The topological polar surface area (TPSA) is 46.2 Å². The highest BCUT2D eigenvalue weighted by molar-refractivity contribution is 5.99. The van der Waals surface area contributed by atoms with Gasteiger partial charge in [0.25, 0.3) is 5.91 Å². The molecule has 0 radical (unpaired) electrons. The fourth-order valence-electron chi connectivity index (χ4n) is 3.45. The molecule has 0 saturated heterocycles. The second-order valence-electron chi connectivity index (χ2n) is 6.60. The molecule has 1 amide bonds. The van der Waals surface area contributed by atoms with Crippen LogP contribution in [0.3, 0.4) is 0 Å². The van der Waals surface area contributed by atoms with E-state index in [9.17, 15) is 9.59 Å². The van der Waals surface area contributed by atoms with E-state index in [1.54, 1.807) is 6.92 Å². The molecule has 1 fully saturated rings. The van der Waals surface area contributed by atoms with Crippen LogP contribution >= 0.6 is 0 Å². The van der Waals surface area contributed by atoms with Crippen LogP contribution in [-0.4, -0.2) is 17.2 Å². The quantitative estimate of drug-likeness (QED) is 0.908. The fourth-order valence-corrected chi connectivity index (χ4v) is 3.45. The Hall–Kier alpha value is -2.42.